The van der Waals surface area contributed by atoms with Crippen molar-refractivity contribution in [2.75, 3.05) is 26.2 Å². The highest BCUT2D eigenvalue weighted by molar-refractivity contribution is 5.37. The fraction of sp³-hybridized carbons (Fsp3) is 0.375. The number of hydrogen-bond donors (Lipinski definition) is 1. The van der Waals surface area contributed by atoms with E-state index in [0.29, 0.717) is 0 Å². The summed E-state index contributed by atoms with van der Waals surface area (Å²) in [5.74, 6) is -0.240. The normalized spacial score (nSPS) is 17.4. The van der Waals surface area contributed by atoms with Crippen molar-refractivity contribution in [3.8, 4) is 5.69 Å². The zero-order chi connectivity index (χ0) is 20.9. The second-order valence-corrected chi connectivity index (χ2v) is 7.88. The molecule has 1 N–H and O–H groups in total. The second kappa shape index (κ2) is 9.51. The molecule has 0 saturated carbocycles. The molecule has 30 heavy (non-hydrogen) atoms. The van der Waals surface area contributed by atoms with Crippen molar-refractivity contribution in [2.45, 2.75) is 33.0 Å². The third-order valence-electron chi connectivity index (χ3n) is 5.66. The summed E-state index contributed by atoms with van der Waals surface area (Å²) in [4.78, 5) is 2.45. The summed E-state index contributed by atoms with van der Waals surface area (Å²) >= 11 is 0. The van der Waals surface area contributed by atoms with E-state index >= 15 is 0 Å². The molecule has 2 heterocycles. The van der Waals surface area contributed by atoms with Crippen LogP contribution in [-0.2, 0) is 17.8 Å². The minimum atomic E-state index is -0.240. The Kier molecular flexibility index (Phi) is 6.57. The lowest BCUT2D eigenvalue weighted by Crippen LogP contribution is -2.46. The Morgan fingerprint density at radius 2 is 1.87 bits per heavy atom. The van der Waals surface area contributed by atoms with Gasteiger partial charge in [-0.25, -0.2) is 9.07 Å². The maximum atomic E-state index is 13.2. The molecule has 0 amide bonds. The van der Waals surface area contributed by atoms with E-state index in [1.165, 1.54) is 23.3 Å². The van der Waals surface area contributed by atoms with Crippen LogP contribution in [0.1, 0.15) is 22.5 Å². The highest BCUT2D eigenvalue weighted by atomic mass is 19.1. The molecule has 3 aromatic rings. The summed E-state index contributed by atoms with van der Waals surface area (Å²) in [6.45, 7) is 9.22. The summed E-state index contributed by atoms with van der Waals surface area (Å²) < 4.78 is 21.1. The predicted molar refractivity (Wildman–Crippen MR) is 116 cm³/mol. The van der Waals surface area contributed by atoms with E-state index in [2.05, 4.69) is 52.6 Å². The monoisotopic (exact) mass is 408 g/mol. The van der Waals surface area contributed by atoms with Gasteiger partial charge in [0.1, 0.15) is 5.82 Å². The van der Waals surface area contributed by atoms with Crippen LogP contribution in [0.25, 0.3) is 5.69 Å². The van der Waals surface area contributed by atoms with Gasteiger partial charge < -0.3 is 10.1 Å². The number of ether oxygens (including phenoxy) is 1. The van der Waals surface area contributed by atoms with Gasteiger partial charge in [-0.05, 0) is 43.7 Å². The first-order valence-electron chi connectivity index (χ1n) is 10.5. The molecule has 5 nitrogen and oxygen atoms in total. The number of halogens is 1. The maximum Gasteiger partial charge on any atom is 0.123 e. The quantitative estimate of drug-likeness (QED) is 0.649. The molecular formula is C24H29FN4O. The van der Waals surface area contributed by atoms with E-state index in [4.69, 9.17) is 4.74 Å². The molecule has 0 spiro atoms. The number of rotatable bonds is 7. The van der Waals surface area contributed by atoms with E-state index in [1.54, 1.807) is 12.1 Å². The predicted octanol–water partition coefficient (Wildman–Crippen LogP) is 3.62. The number of nitrogens with zero attached hydrogens (tertiary/aromatic N) is 3. The van der Waals surface area contributed by atoms with E-state index < -0.39 is 0 Å². The Balaban J connectivity index is 1.32. The third-order valence-corrected chi connectivity index (χ3v) is 5.66. The van der Waals surface area contributed by atoms with Crippen LogP contribution >= 0.6 is 0 Å². The summed E-state index contributed by atoms with van der Waals surface area (Å²) in [7, 11) is 0. The average Bonchev–Trinajstić information content (AvgIpc) is 3.04. The Morgan fingerprint density at radius 3 is 2.63 bits per heavy atom. The largest absolute Gasteiger partial charge is 0.374 e. The molecule has 6 heteroatoms. The first-order chi connectivity index (χ1) is 14.6. The fourth-order valence-corrected chi connectivity index (χ4v) is 4.01. The standard InChI is InChI=1S/C24H29FN4O/c1-18-24(19(2)29(27-18)22-10-8-21(25)9-11-22)15-26-14-23-17-28(12-13-30-23)16-20-6-4-3-5-7-20/h3-11,23,26H,12-17H2,1-2H3/t23-/m0/s1. The molecule has 1 aromatic heterocycles. The van der Waals surface area contributed by atoms with Gasteiger partial charge in [0, 0.05) is 44.0 Å². The molecule has 0 unspecified atom stereocenters. The van der Waals surface area contributed by atoms with Crippen LogP contribution in [0.5, 0.6) is 0 Å². The van der Waals surface area contributed by atoms with Gasteiger partial charge in [-0.15, -0.1) is 0 Å². The van der Waals surface area contributed by atoms with Crippen LogP contribution in [0.2, 0.25) is 0 Å². The van der Waals surface area contributed by atoms with Gasteiger partial charge in [-0.1, -0.05) is 30.3 Å². The first-order valence-corrected chi connectivity index (χ1v) is 10.5. The number of aryl methyl sites for hydroxylation is 1. The molecule has 4 rings (SSSR count). The number of morpholine rings is 1. The van der Waals surface area contributed by atoms with Crippen molar-refractivity contribution < 1.29 is 9.13 Å². The SMILES string of the molecule is Cc1nn(-c2ccc(F)cc2)c(C)c1CNC[C@H]1CN(Cc2ccccc2)CCO1. The van der Waals surface area contributed by atoms with E-state index in [-0.39, 0.29) is 11.9 Å². The van der Waals surface area contributed by atoms with Gasteiger partial charge in [0.05, 0.1) is 24.1 Å². The summed E-state index contributed by atoms with van der Waals surface area (Å²) in [5, 5.41) is 8.20. The molecule has 1 aliphatic rings. The van der Waals surface area contributed by atoms with E-state index in [9.17, 15) is 4.39 Å². The zero-order valence-corrected chi connectivity index (χ0v) is 17.6. The van der Waals surface area contributed by atoms with Crippen molar-refractivity contribution in [1.82, 2.24) is 20.0 Å². The molecule has 0 aliphatic carbocycles. The number of benzene rings is 2. The Morgan fingerprint density at radius 1 is 1.10 bits per heavy atom. The summed E-state index contributed by atoms with van der Waals surface area (Å²) in [6, 6.07) is 17.0. The Hall–Kier alpha value is -2.54. The van der Waals surface area contributed by atoms with Crippen molar-refractivity contribution in [3.05, 3.63) is 82.9 Å². The molecule has 1 fully saturated rings. The molecule has 0 bridgehead atoms. The van der Waals surface area contributed by atoms with Crippen LogP contribution in [0.3, 0.4) is 0 Å². The first kappa shape index (κ1) is 20.7. The Labute approximate surface area is 177 Å². The van der Waals surface area contributed by atoms with E-state index in [1.807, 2.05) is 11.6 Å². The number of hydrogen-bond acceptors (Lipinski definition) is 4. The van der Waals surface area contributed by atoms with Gasteiger partial charge in [0.15, 0.2) is 0 Å². The van der Waals surface area contributed by atoms with Crippen molar-refractivity contribution in [1.29, 1.82) is 0 Å². The van der Waals surface area contributed by atoms with Crippen LogP contribution in [0.15, 0.2) is 54.6 Å². The molecule has 2 aromatic carbocycles. The molecule has 1 atom stereocenters. The molecule has 0 radical (unpaired) electrons. The smallest absolute Gasteiger partial charge is 0.123 e. The lowest BCUT2D eigenvalue weighted by atomic mass is 10.1. The van der Waals surface area contributed by atoms with Crippen LogP contribution in [0.4, 0.5) is 4.39 Å². The summed E-state index contributed by atoms with van der Waals surface area (Å²) in [6.07, 6.45) is 0.176. The van der Waals surface area contributed by atoms with Gasteiger partial charge >= 0.3 is 0 Å². The third kappa shape index (κ3) is 4.95. The van der Waals surface area contributed by atoms with Gasteiger partial charge in [0.2, 0.25) is 0 Å². The molecule has 1 aliphatic heterocycles. The van der Waals surface area contributed by atoms with Crippen LogP contribution < -0.4 is 5.32 Å². The fourth-order valence-electron chi connectivity index (χ4n) is 4.01. The van der Waals surface area contributed by atoms with Crippen molar-refractivity contribution in [2.24, 2.45) is 0 Å². The zero-order valence-electron chi connectivity index (χ0n) is 17.6. The number of aromatic nitrogens is 2. The van der Waals surface area contributed by atoms with Crippen LogP contribution in [-0.4, -0.2) is 47.0 Å². The van der Waals surface area contributed by atoms with E-state index in [0.717, 1.165) is 56.4 Å². The van der Waals surface area contributed by atoms with Gasteiger partial charge in [0.25, 0.3) is 0 Å². The Bertz CT molecular complexity index is 955. The topological polar surface area (TPSA) is 42.3 Å². The highest BCUT2D eigenvalue weighted by Crippen LogP contribution is 2.18. The maximum absolute atomic E-state index is 13.2. The van der Waals surface area contributed by atoms with Gasteiger partial charge in [-0.2, -0.15) is 5.10 Å². The summed E-state index contributed by atoms with van der Waals surface area (Å²) in [5.41, 5.74) is 5.44. The molecule has 1 saturated heterocycles. The molecule has 158 valence electrons. The lowest BCUT2D eigenvalue weighted by Gasteiger charge is -2.33. The van der Waals surface area contributed by atoms with Crippen molar-refractivity contribution >= 4 is 0 Å². The molecular weight excluding hydrogens is 379 g/mol. The van der Waals surface area contributed by atoms with Gasteiger partial charge in [-0.3, -0.25) is 4.90 Å². The lowest BCUT2D eigenvalue weighted by molar-refractivity contribution is -0.0300. The second-order valence-electron chi connectivity index (χ2n) is 7.88. The minimum Gasteiger partial charge on any atom is -0.374 e. The average molecular weight is 409 g/mol. The number of nitrogens with one attached hydrogen (secondary N) is 1. The highest BCUT2D eigenvalue weighted by Gasteiger charge is 2.21. The van der Waals surface area contributed by atoms with Crippen molar-refractivity contribution in [3.63, 3.8) is 0 Å². The minimum absolute atomic E-state index is 0.176. The van der Waals surface area contributed by atoms with Crippen LogP contribution in [0, 0.1) is 19.7 Å².